The molecule has 0 bridgehead atoms. The Morgan fingerprint density at radius 2 is 1.65 bits per heavy atom. The van der Waals surface area contributed by atoms with Crippen molar-refractivity contribution < 1.29 is 9.53 Å². The van der Waals surface area contributed by atoms with E-state index in [-0.39, 0.29) is 5.97 Å². The maximum Gasteiger partial charge on any atom is 0.355 e. The minimum atomic E-state index is -0.354. The van der Waals surface area contributed by atoms with E-state index in [0.29, 0.717) is 5.69 Å². The van der Waals surface area contributed by atoms with E-state index in [9.17, 15) is 4.79 Å². The summed E-state index contributed by atoms with van der Waals surface area (Å²) in [6, 6.07) is 22.6. The number of thiophene rings is 1. The minimum absolute atomic E-state index is 0.354. The van der Waals surface area contributed by atoms with Gasteiger partial charge in [0.25, 0.3) is 0 Å². The summed E-state index contributed by atoms with van der Waals surface area (Å²) in [5.41, 5.74) is 3.35. The van der Waals surface area contributed by atoms with Crippen molar-refractivity contribution in [3.8, 4) is 11.1 Å². The number of methoxy groups -OCH3 is 1. The Balaban J connectivity index is 2.02. The van der Waals surface area contributed by atoms with Crippen LogP contribution in [0.2, 0.25) is 0 Å². The van der Waals surface area contributed by atoms with E-state index in [0.717, 1.165) is 22.0 Å². The van der Waals surface area contributed by atoms with Gasteiger partial charge >= 0.3 is 5.97 Å². The first-order valence-electron chi connectivity index (χ1n) is 8.37. The number of hydrogen-bond donors (Lipinski definition) is 1. The van der Waals surface area contributed by atoms with Gasteiger partial charge in [-0.3, -0.25) is 0 Å². The highest BCUT2D eigenvalue weighted by Crippen LogP contribution is 2.43. The third-order valence-electron chi connectivity index (χ3n) is 4.76. The van der Waals surface area contributed by atoms with E-state index >= 15 is 0 Å². The summed E-state index contributed by atoms with van der Waals surface area (Å²) < 4.78 is 7.50. The highest BCUT2D eigenvalue weighted by atomic mass is 32.1. The molecule has 5 rings (SSSR count). The Morgan fingerprint density at radius 1 is 0.885 bits per heavy atom. The SMILES string of the molecule is COC(=O)c1[nH]c2ccc3sc4ccccc4c3c2c1-c1ccccc1. The number of nitrogens with one attached hydrogen (secondary N) is 1. The first-order valence-corrected chi connectivity index (χ1v) is 9.19. The minimum Gasteiger partial charge on any atom is -0.464 e. The maximum absolute atomic E-state index is 12.5. The molecule has 3 aromatic carbocycles. The Morgan fingerprint density at radius 3 is 2.46 bits per heavy atom. The van der Waals surface area contributed by atoms with E-state index in [2.05, 4.69) is 35.3 Å². The summed E-state index contributed by atoms with van der Waals surface area (Å²) in [5.74, 6) is -0.354. The van der Waals surface area contributed by atoms with Gasteiger partial charge in [0, 0.05) is 36.6 Å². The third-order valence-corrected chi connectivity index (χ3v) is 5.89. The molecule has 0 unspecified atom stereocenters. The molecule has 0 radical (unpaired) electrons. The lowest BCUT2D eigenvalue weighted by Gasteiger charge is -2.05. The van der Waals surface area contributed by atoms with Gasteiger partial charge in [0.2, 0.25) is 0 Å². The van der Waals surface area contributed by atoms with Gasteiger partial charge in [-0.15, -0.1) is 11.3 Å². The molecule has 0 fully saturated rings. The predicted molar refractivity (Wildman–Crippen MR) is 108 cm³/mol. The second-order valence-corrected chi connectivity index (χ2v) is 7.28. The van der Waals surface area contributed by atoms with Gasteiger partial charge in [0.05, 0.1) is 7.11 Å². The number of hydrogen-bond acceptors (Lipinski definition) is 3. The van der Waals surface area contributed by atoms with Gasteiger partial charge in [-0.05, 0) is 23.8 Å². The summed E-state index contributed by atoms with van der Waals surface area (Å²) in [6.45, 7) is 0. The Hall–Kier alpha value is -3.11. The topological polar surface area (TPSA) is 42.1 Å². The van der Waals surface area contributed by atoms with Crippen LogP contribution in [-0.2, 0) is 4.74 Å². The molecule has 0 amide bonds. The quantitative estimate of drug-likeness (QED) is 0.394. The number of benzene rings is 3. The standard InChI is InChI=1S/C22H15NO2S/c1-25-22(24)21-18(13-7-3-2-4-8-13)20-15(23-21)11-12-17-19(20)14-9-5-6-10-16(14)26-17/h2-12,23H,1H3. The van der Waals surface area contributed by atoms with Crippen molar-refractivity contribution in [3.05, 3.63) is 72.4 Å². The van der Waals surface area contributed by atoms with Crippen LogP contribution < -0.4 is 0 Å². The van der Waals surface area contributed by atoms with Crippen LogP contribution in [0.1, 0.15) is 10.5 Å². The molecule has 26 heavy (non-hydrogen) atoms. The van der Waals surface area contributed by atoms with E-state index < -0.39 is 0 Å². The molecule has 2 heterocycles. The zero-order valence-corrected chi connectivity index (χ0v) is 14.9. The number of carbonyl (C=O) groups excluding carboxylic acids is 1. The Kier molecular flexibility index (Phi) is 3.33. The van der Waals surface area contributed by atoms with Crippen LogP contribution in [-0.4, -0.2) is 18.1 Å². The van der Waals surface area contributed by atoms with Crippen LogP contribution >= 0.6 is 11.3 Å². The summed E-state index contributed by atoms with van der Waals surface area (Å²) in [4.78, 5) is 15.8. The lowest BCUT2D eigenvalue weighted by molar-refractivity contribution is 0.0596. The highest BCUT2D eigenvalue weighted by Gasteiger charge is 2.22. The zero-order valence-electron chi connectivity index (χ0n) is 14.1. The van der Waals surface area contributed by atoms with E-state index in [1.54, 1.807) is 11.3 Å². The van der Waals surface area contributed by atoms with E-state index in [4.69, 9.17) is 4.74 Å². The lowest BCUT2D eigenvalue weighted by atomic mass is 9.98. The Bertz CT molecular complexity index is 1280. The molecular formula is C22H15NO2S. The number of carbonyl (C=O) groups is 1. The van der Waals surface area contributed by atoms with Gasteiger partial charge in [-0.25, -0.2) is 4.79 Å². The van der Waals surface area contributed by atoms with Crippen LogP contribution in [0.3, 0.4) is 0 Å². The molecule has 3 nitrogen and oxygen atoms in total. The monoisotopic (exact) mass is 357 g/mol. The maximum atomic E-state index is 12.5. The first-order chi connectivity index (χ1) is 12.8. The molecule has 0 aliphatic carbocycles. The normalized spacial score (nSPS) is 11.4. The van der Waals surface area contributed by atoms with E-state index in [1.807, 2.05) is 36.4 Å². The van der Waals surface area contributed by atoms with Crippen molar-refractivity contribution in [2.24, 2.45) is 0 Å². The molecule has 126 valence electrons. The van der Waals surface area contributed by atoms with Crippen LogP contribution in [0.4, 0.5) is 0 Å². The fourth-order valence-corrected chi connectivity index (χ4v) is 4.77. The molecule has 0 saturated carbocycles. The molecule has 0 spiro atoms. The van der Waals surface area contributed by atoms with Crippen molar-refractivity contribution in [1.29, 1.82) is 0 Å². The van der Waals surface area contributed by atoms with Gasteiger partial charge in [0.15, 0.2) is 0 Å². The molecular weight excluding hydrogens is 342 g/mol. The second kappa shape index (κ2) is 5.71. The molecule has 4 heteroatoms. The number of rotatable bonds is 2. The molecule has 0 saturated heterocycles. The van der Waals surface area contributed by atoms with Crippen LogP contribution in [0, 0.1) is 0 Å². The van der Waals surface area contributed by atoms with Crippen LogP contribution in [0.25, 0.3) is 42.2 Å². The lowest BCUT2D eigenvalue weighted by Crippen LogP contribution is -2.03. The largest absolute Gasteiger partial charge is 0.464 e. The number of aromatic nitrogens is 1. The summed E-state index contributed by atoms with van der Waals surface area (Å²) in [7, 11) is 1.41. The smallest absolute Gasteiger partial charge is 0.355 e. The van der Waals surface area contributed by atoms with Gasteiger partial charge in [-0.2, -0.15) is 0 Å². The fraction of sp³-hybridized carbons (Fsp3) is 0.0455. The number of fused-ring (bicyclic) bond motifs is 5. The third kappa shape index (κ3) is 2.09. The molecule has 0 aliphatic rings. The number of H-pyrrole nitrogens is 1. The van der Waals surface area contributed by atoms with Gasteiger partial charge in [0.1, 0.15) is 5.69 Å². The molecule has 2 aromatic heterocycles. The average Bonchev–Trinajstić information content (AvgIpc) is 3.26. The van der Waals surface area contributed by atoms with Crippen molar-refractivity contribution in [3.63, 3.8) is 0 Å². The zero-order chi connectivity index (χ0) is 17.7. The molecule has 1 N–H and O–H groups in total. The number of aromatic amines is 1. The van der Waals surface area contributed by atoms with Crippen molar-refractivity contribution in [1.82, 2.24) is 4.98 Å². The Labute approximate surface area is 153 Å². The predicted octanol–water partition coefficient (Wildman–Crippen LogP) is 5.99. The van der Waals surface area contributed by atoms with Crippen molar-refractivity contribution in [2.45, 2.75) is 0 Å². The van der Waals surface area contributed by atoms with Crippen molar-refractivity contribution in [2.75, 3.05) is 7.11 Å². The van der Waals surface area contributed by atoms with E-state index in [1.165, 1.54) is 27.3 Å². The average molecular weight is 357 g/mol. The molecule has 5 aromatic rings. The van der Waals surface area contributed by atoms with Gasteiger partial charge in [-0.1, -0.05) is 48.5 Å². The molecule has 0 atom stereocenters. The molecule has 0 aliphatic heterocycles. The van der Waals surface area contributed by atoms with Crippen LogP contribution in [0.5, 0.6) is 0 Å². The van der Waals surface area contributed by atoms with Crippen LogP contribution in [0.15, 0.2) is 66.7 Å². The summed E-state index contributed by atoms with van der Waals surface area (Å²) in [5, 5.41) is 3.48. The summed E-state index contributed by atoms with van der Waals surface area (Å²) in [6.07, 6.45) is 0. The first kappa shape index (κ1) is 15.2. The summed E-state index contributed by atoms with van der Waals surface area (Å²) >= 11 is 1.77. The van der Waals surface area contributed by atoms with Gasteiger partial charge < -0.3 is 9.72 Å². The number of esters is 1. The second-order valence-electron chi connectivity index (χ2n) is 6.19. The number of ether oxygens (including phenoxy) is 1. The highest BCUT2D eigenvalue weighted by molar-refractivity contribution is 7.26. The van der Waals surface area contributed by atoms with Crippen molar-refractivity contribution >= 4 is 48.4 Å². The fourth-order valence-electron chi connectivity index (χ4n) is 3.65.